The third-order valence-corrected chi connectivity index (χ3v) is 4.58. The van der Waals surface area contributed by atoms with Gasteiger partial charge in [-0.2, -0.15) is 0 Å². The molecule has 1 saturated heterocycles. The number of benzene rings is 1. The van der Waals surface area contributed by atoms with E-state index in [9.17, 15) is 14.4 Å². The Hall–Kier alpha value is -2.57. The second-order valence-electron chi connectivity index (χ2n) is 7.99. The molecule has 0 saturated carbocycles. The Morgan fingerprint density at radius 2 is 1.54 bits per heavy atom. The van der Waals surface area contributed by atoms with E-state index in [-0.39, 0.29) is 17.9 Å². The lowest BCUT2D eigenvalue weighted by Gasteiger charge is -2.35. The standard InChI is InChI=1S/C21H31N3O4/c1-21(2,3)28-20(27)24-15-13-23(14-16-24)19(26)12-8-11-18(25)22(4)17-9-6-5-7-10-17/h5-7,9-10H,8,11-16H2,1-4H3. The number of para-hydroxylation sites is 1. The second kappa shape index (κ2) is 9.57. The van der Waals surface area contributed by atoms with Crippen molar-refractivity contribution in [1.29, 1.82) is 0 Å². The van der Waals surface area contributed by atoms with Crippen molar-refractivity contribution in [3.05, 3.63) is 30.3 Å². The fourth-order valence-electron chi connectivity index (χ4n) is 2.98. The Morgan fingerprint density at radius 3 is 2.11 bits per heavy atom. The number of rotatable bonds is 5. The van der Waals surface area contributed by atoms with E-state index in [2.05, 4.69) is 0 Å². The van der Waals surface area contributed by atoms with Gasteiger partial charge in [-0.25, -0.2) is 4.79 Å². The number of anilines is 1. The fourth-order valence-corrected chi connectivity index (χ4v) is 2.98. The van der Waals surface area contributed by atoms with Gasteiger partial charge in [-0.15, -0.1) is 0 Å². The lowest BCUT2D eigenvalue weighted by Crippen LogP contribution is -2.51. The lowest BCUT2D eigenvalue weighted by atomic mass is 10.2. The number of nitrogens with zero attached hydrogens (tertiary/aromatic N) is 3. The molecule has 154 valence electrons. The molecule has 0 atom stereocenters. The molecule has 2 rings (SSSR count). The zero-order chi connectivity index (χ0) is 20.7. The average Bonchev–Trinajstić information content (AvgIpc) is 2.66. The summed E-state index contributed by atoms with van der Waals surface area (Å²) >= 11 is 0. The van der Waals surface area contributed by atoms with Gasteiger partial charge in [0.25, 0.3) is 0 Å². The number of carbonyl (C=O) groups is 3. The van der Waals surface area contributed by atoms with Crippen molar-refractivity contribution >= 4 is 23.6 Å². The first kappa shape index (κ1) is 21.7. The van der Waals surface area contributed by atoms with Crippen LogP contribution < -0.4 is 4.90 Å². The highest BCUT2D eigenvalue weighted by Gasteiger charge is 2.27. The smallest absolute Gasteiger partial charge is 0.410 e. The summed E-state index contributed by atoms with van der Waals surface area (Å²) in [5.74, 6) is 0.0211. The molecule has 0 aliphatic carbocycles. The molecule has 3 amide bonds. The number of amides is 3. The maximum absolute atomic E-state index is 12.4. The van der Waals surface area contributed by atoms with Gasteiger partial charge in [-0.1, -0.05) is 18.2 Å². The lowest BCUT2D eigenvalue weighted by molar-refractivity contribution is -0.133. The minimum absolute atomic E-state index is 0.00579. The Morgan fingerprint density at radius 1 is 0.964 bits per heavy atom. The molecule has 1 aromatic carbocycles. The van der Waals surface area contributed by atoms with E-state index >= 15 is 0 Å². The topological polar surface area (TPSA) is 70.2 Å². The van der Waals surface area contributed by atoms with Crippen LogP contribution in [0.4, 0.5) is 10.5 Å². The molecule has 1 heterocycles. The van der Waals surface area contributed by atoms with Gasteiger partial charge in [0.1, 0.15) is 5.60 Å². The van der Waals surface area contributed by atoms with E-state index < -0.39 is 5.60 Å². The highest BCUT2D eigenvalue weighted by atomic mass is 16.6. The SMILES string of the molecule is CN(C(=O)CCCC(=O)N1CCN(C(=O)OC(C)(C)C)CC1)c1ccccc1. The summed E-state index contributed by atoms with van der Waals surface area (Å²) in [7, 11) is 1.75. The van der Waals surface area contributed by atoms with E-state index in [0.717, 1.165) is 5.69 Å². The van der Waals surface area contributed by atoms with Gasteiger partial charge in [0, 0.05) is 51.8 Å². The van der Waals surface area contributed by atoms with Gasteiger partial charge >= 0.3 is 6.09 Å². The van der Waals surface area contributed by atoms with Crippen molar-refractivity contribution in [3.8, 4) is 0 Å². The molecule has 0 unspecified atom stereocenters. The van der Waals surface area contributed by atoms with Crippen LogP contribution in [0.1, 0.15) is 40.0 Å². The monoisotopic (exact) mass is 389 g/mol. The summed E-state index contributed by atoms with van der Waals surface area (Å²) < 4.78 is 5.36. The molecule has 28 heavy (non-hydrogen) atoms. The van der Waals surface area contributed by atoms with Crippen molar-refractivity contribution in [2.24, 2.45) is 0 Å². The van der Waals surface area contributed by atoms with Crippen LogP contribution in [0.3, 0.4) is 0 Å². The van der Waals surface area contributed by atoms with E-state index in [4.69, 9.17) is 4.74 Å². The van der Waals surface area contributed by atoms with Crippen molar-refractivity contribution in [1.82, 2.24) is 9.80 Å². The Balaban J connectivity index is 1.70. The van der Waals surface area contributed by atoms with Gasteiger partial charge in [0.2, 0.25) is 11.8 Å². The van der Waals surface area contributed by atoms with Crippen LogP contribution in [0.15, 0.2) is 30.3 Å². The fraction of sp³-hybridized carbons (Fsp3) is 0.571. The predicted molar refractivity (Wildman–Crippen MR) is 108 cm³/mol. The van der Waals surface area contributed by atoms with Gasteiger partial charge in [-0.3, -0.25) is 9.59 Å². The number of carbonyl (C=O) groups excluding carboxylic acids is 3. The van der Waals surface area contributed by atoms with E-state index in [0.29, 0.717) is 45.4 Å². The first-order chi connectivity index (χ1) is 13.2. The van der Waals surface area contributed by atoms with Crippen LogP contribution in [0.2, 0.25) is 0 Å². The Labute approximate surface area is 167 Å². The molecule has 0 aromatic heterocycles. The van der Waals surface area contributed by atoms with Crippen molar-refractivity contribution < 1.29 is 19.1 Å². The molecule has 0 radical (unpaired) electrons. The first-order valence-corrected chi connectivity index (χ1v) is 9.74. The minimum atomic E-state index is -0.524. The summed E-state index contributed by atoms with van der Waals surface area (Å²) in [6.45, 7) is 7.43. The zero-order valence-corrected chi connectivity index (χ0v) is 17.3. The first-order valence-electron chi connectivity index (χ1n) is 9.74. The van der Waals surface area contributed by atoms with Crippen LogP contribution in [0.25, 0.3) is 0 Å². The van der Waals surface area contributed by atoms with Gasteiger partial charge in [-0.05, 0) is 39.3 Å². The van der Waals surface area contributed by atoms with Crippen LogP contribution in [-0.4, -0.2) is 66.5 Å². The predicted octanol–water partition coefficient (Wildman–Crippen LogP) is 2.90. The molecular weight excluding hydrogens is 358 g/mol. The van der Waals surface area contributed by atoms with Gasteiger partial charge in [0.05, 0.1) is 0 Å². The molecular formula is C21H31N3O4. The molecule has 1 aromatic rings. The zero-order valence-electron chi connectivity index (χ0n) is 17.3. The van der Waals surface area contributed by atoms with Crippen LogP contribution in [0, 0.1) is 0 Å². The molecule has 7 heteroatoms. The van der Waals surface area contributed by atoms with Crippen LogP contribution in [-0.2, 0) is 14.3 Å². The molecule has 7 nitrogen and oxygen atoms in total. The summed E-state index contributed by atoms with van der Waals surface area (Å²) in [6.07, 6.45) is 0.839. The molecule has 0 bridgehead atoms. The van der Waals surface area contributed by atoms with E-state index in [1.54, 1.807) is 21.7 Å². The minimum Gasteiger partial charge on any atom is -0.444 e. The Kier molecular flexibility index (Phi) is 7.43. The van der Waals surface area contributed by atoms with E-state index in [1.807, 2.05) is 51.1 Å². The second-order valence-corrected chi connectivity index (χ2v) is 7.99. The van der Waals surface area contributed by atoms with Crippen LogP contribution in [0.5, 0.6) is 0 Å². The van der Waals surface area contributed by atoms with Crippen molar-refractivity contribution in [3.63, 3.8) is 0 Å². The molecule has 0 spiro atoms. The van der Waals surface area contributed by atoms with Gasteiger partial charge in [0.15, 0.2) is 0 Å². The highest BCUT2D eigenvalue weighted by Crippen LogP contribution is 2.15. The summed E-state index contributed by atoms with van der Waals surface area (Å²) in [4.78, 5) is 41.7. The normalized spacial score (nSPS) is 14.6. The quantitative estimate of drug-likeness (QED) is 0.776. The molecule has 1 aliphatic rings. The third-order valence-electron chi connectivity index (χ3n) is 4.58. The molecule has 1 fully saturated rings. The summed E-state index contributed by atoms with van der Waals surface area (Å²) in [5, 5.41) is 0. The van der Waals surface area contributed by atoms with Crippen molar-refractivity contribution in [2.75, 3.05) is 38.1 Å². The molecule has 1 aliphatic heterocycles. The Bertz CT molecular complexity index is 677. The molecule has 0 N–H and O–H groups in total. The number of hydrogen-bond donors (Lipinski definition) is 0. The average molecular weight is 389 g/mol. The van der Waals surface area contributed by atoms with Gasteiger partial charge < -0.3 is 19.4 Å². The number of ether oxygens (including phenoxy) is 1. The summed E-state index contributed by atoms with van der Waals surface area (Å²) in [5.41, 5.74) is 0.320. The van der Waals surface area contributed by atoms with Crippen LogP contribution >= 0.6 is 0 Å². The number of hydrogen-bond acceptors (Lipinski definition) is 4. The summed E-state index contributed by atoms with van der Waals surface area (Å²) in [6, 6.07) is 9.45. The van der Waals surface area contributed by atoms with E-state index in [1.165, 1.54) is 0 Å². The maximum atomic E-state index is 12.4. The maximum Gasteiger partial charge on any atom is 0.410 e. The van der Waals surface area contributed by atoms with Crippen molar-refractivity contribution in [2.45, 2.75) is 45.6 Å². The number of piperazine rings is 1. The largest absolute Gasteiger partial charge is 0.444 e. The third kappa shape index (κ3) is 6.55. The highest BCUT2D eigenvalue weighted by molar-refractivity contribution is 5.93.